The smallest absolute Gasteiger partial charge is 0.261 e. The summed E-state index contributed by atoms with van der Waals surface area (Å²) in [7, 11) is 0. The van der Waals surface area contributed by atoms with E-state index in [9.17, 15) is 0 Å². The molecule has 58 heavy (non-hydrogen) atoms. The quantitative estimate of drug-likeness (QED) is 0.0590. The molecule has 0 saturated heterocycles. The van der Waals surface area contributed by atoms with Gasteiger partial charge in [-0.1, -0.05) is 119 Å². The van der Waals surface area contributed by atoms with Crippen molar-refractivity contribution >= 4 is 68.6 Å². The minimum absolute atomic E-state index is 0.0118. The second kappa shape index (κ2) is 22.2. The number of aryl methyl sites for hydroxylation is 2. The third-order valence-electron chi connectivity index (χ3n) is 12.4. The number of fused-ring (bicyclic) bond motifs is 1. The third-order valence-corrected chi connectivity index (χ3v) is 16.8. The van der Waals surface area contributed by atoms with Crippen LogP contribution in [0.15, 0.2) is 58.3 Å². The zero-order valence-corrected chi connectivity index (χ0v) is 39.5. The van der Waals surface area contributed by atoms with Crippen molar-refractivity contribution in [2.24, 2.45) is 11.8 Å². The lowest BCUT2D eigenvalue weighted by molar-refractivity contribution is -0.124. The van der Waals surface area contributed by atoms with E-state index < -0.39 is 0 Å². The summed E-state index contributed by atoms with van der Waals surface area (Å²) in [5, 5.41) is 4.46. The normalized spacial score (nSPS) is 15.5. The van der Waals surface area contributed by atoms with E-state index in [1.165, 1.54) is 82.0 Å². The summed E-state index contributed by atoms with van der Waals surface area (Å²) in [6.07, 6.45) is 20.9. The predicted molar refractivity (Wildman–Crippen MR) is 255 cm³/mol. The molecule has 2 aliphatic heterocycles. The van der Waals surface area contributed by atoms with Crippen molar-refractivity contribution in [2.45, 2.75) is 157 Å². The summed E-state index contributed by atoms with van der Waals surface area (Å²) in [5.74, 6) is 0.776. The van der Waals surface area contributed by atoms with Crippen molar-refractivity contribution in [1.82, 2.24) is 9.80 Å². The molecule has 2 unspecified atom stereocenters. The van der Waals surface area contributed by atoms with Crippen molar-refractivity contribution < 1.29 is 9.59 Å². The van der Waals surface area contributed by atoms with E-state index in [-0.39, 0.29) is 11.8 Å². The molecular formula is C50H68N2O2S4. The van der Waals surface area contributed by atoms with Crippen molar-refractivity contribution in [1.29, 1.82) is 0 Å². The lowest BCUT2D eigenvalue weighted by Crippen LogP contribution is -2.34. The van der Waals surface area contributed by atoms with Crippen LogP contribution in [0.4, 0.5) is 0 Å². The van der Waals surface area contributed by atoms with E-state index in [1.54, 1.807) is 22.7 Å². The Balaban J connectivity index is 1.46. The van der Waals surface area contributed by atoms with Gasteiger partial charge in [-0.05, 0) is 109 Å². The average molecular weight is 857 g/mol. The molecule has 2 aliphatic rings. The number of rotatable bonds is 26. The first-order chi connectivity index (χ1) is 28.4. The van der Waals surface area contributed by atoms with Crippen LogP contribution in [0, 0.1) is 11.8 Å². The summed E-state index contributed by atoms with van der Waals surface area (Å²) >= 11 is 7.17. The molecule has 8 heteroatoms. The molecule has 0 aliphatic carbocycles. The largest absolute Gasteiger partial charge is 0.306 e. The summed E-state index contributed by atoms with van der Waals surface area (Å²) in [6.45, 7) is 14.8. The molecule has 0 radical (unpaired) electrons. The maximum atomic E-state index is 15.3. The molecule has 4 nitrogen and oxygen atoms in total. The van der Waals surface area contributed by atoms with Crippen molar-refractivity contribution in [3.8, 4) is 19.5 Å². The average Bonchev–Trinajstić information content (AvgIpc) is 4.10. The molecule has 0 spiro atoms. The first kappa shape index (κ1) is 44.8. The Kier molecular flexibility index (Phi) is 17.1. The van der Waals surface area contributed by atoms with E-state index >= 15 is 9.59 Å². The molecule has 6 rings (SSSR count). The molecule has 4 aromatic rings. The second-order valence-corrected chi connectivity index (χ2v) is 20.6. The van der Waals surface area contributed by atoms with Crippen molar-refractivity contribution in [2.75, 3.05) is 13.1 Å². The molecule has 0 saturated carbocycles. The van der Waals surface area contributed by atoms with Crippen LogP contribution in [-0.2, 0) is 22.4 Å². The van der Waals surface area contributed by atoms with Gasteiger partial charge in [0, 0.05) is 32.6 Å². The molecule has 0 bridgehead atoms. The highest BCUT2D eigenvalue weighted by Crippen LogP contribution is 2.51. The monoisotopic (exact) mass is 856 g/mol. The van der Waals surface area contributed by atoms with Gasteiger partial charge in [0.25, 0.3) is 11.8 Å². The SMILES string of the molecule is CCCCCCc1ccsc1-c1ccc(C2=C3C(=O)N(CC(CC)CCCC)C(c4ccc(-c5sccc5CCCCCC)s4)=C3C(=O)N2CC(CC)CCCC)s1. The van der Waals surface area contributed by atoms with Gasteiger partial charge in [-0.15, -0.1) is 45.3 Å². The van der Waals surface area contributed by atoms with Crippen LogP contribution in [0.2, 0.25) is 0 Å². The number of hydrogen-bond donors (Lipinski definition) is 0. The Morgan fingerprint density at radius 3 is 1.26 bits per heavy atom. The van der Waals surface area contributed by atoms with Crippen LogP contribution < -0.4 is 0 Å². The van der Waals surface area contributed by atoms with E-state index in [0.717, 1.165) is 85.4 Å². The summed E-state index contributed by atoms with van der Waals surface area (Å²) in [5.41, 5.74) is 5.82. The molecule has 314 valence electrons. The summed E-state index contributed by atoms with van der Waals surface area (Å²) < 4.78 is 0. The van der Waals surface area contributed by atoms with E-state index in [2.05, 4.69) is 88.7 Å². The fourth-order valence-electron chi connectivity index (χ4n) is 8.76. The van der Waals surface area contributed by atoms with E-state index in [0.29, 0.717) is 36.1 Å². The van der Waals surface area contributed by atoms with Gasteiger partial charge in [-0.2, -0.15) is 0 Å². The Morgan fingerprint density at radius 1 is 0.483 bits per heavy atom. The Bertz CT molecular complexity index is 1860. The van der Waals surface area contributed by atoms with Crippen molar-refractivity contribution in [3.05, 3.63) is 79.2 Å². The van der Waals surface area contributed by atoms with Crippen LogP contribution >= 0.6 is 45.3 Å². The Labute approximate surface area is 366 Å². The van der Waals surface area contributed by atoms with Crippen LogP contribution in [0.25, 0.3) is 30.9 Å². The fraction of sp³-hybridized carbons (Fsp3) is 0.560. The highest BCUT2D eigenvalue weighted by atomic mass is 32.1. The predicted octanol–water partition coefficient (Wildman–Crippen LogP) is 15.8. The molecule has 0 fully saturated rings. The topological polar surface area (TPSA) is 40.6 Å². The molecule has 2 atom stereocenters. The number of carbonyl (C=O) groups is 2. The van der Waals surface area contributed by atoms with Gasteiger partial charge in [0.05, 0.1) is 32.3 Å². The van der Waals surface area contributed by atoms with Gasteiger partial charge in [0.15, 0.2) is 0 Å². The van der Waals surface area contributed by atoms with Crippen LogP contribution in [-0.4, -0.2) is 34.7 Å². The standard InChI is InChI=1S/C50H68N2O2S4/c1-7-13-17-19-23-37-29-31-55-47(37)41-27-25-39(57-41)45-43-44(50(54)51(45)33-35(11-5)21-15-9-3)46(52(49(43)53)34-36(12-6)22-16-10-4)40-26-28-42(58-40)48-38(30-32-56-48)24-20-18-14-8-2/h25-32,35-36H,7-24,33-34H2,1-6H3. The summed E-state index contributed by atoms with van der Waals surface area (Å²) in [4.78, 5) is 41.9. The number of thiophene rings is 4. The molecular weight excluding hydrogens is 789 g/mol. The fourth-order valence-corrected chi connectivity index (χ4v) is 13.1. The molecule has 6 heterocycles. The summed E-state index contributed by atoms with van der Waals surface area (Å²) in [6, 6.07) is 13.5. The highest BCUT2D eigenvalue weighted by molar-refractivity contribution is 7.22. The maximum absolute atomic E-state index is 15.3. The lowest BCUT2D eigenvalue weighted by atomic mass is 9.98. The zero-order chi connectivity index (χ0) is 41.0. The number of unbranched alkanes of at least 4 members (excludes halogenated alkanes) is 8. The second-order valence-electron chi connectivity index (χ2n) is 16.6. The molecule has 4 aromatic heterocycles. The first-order valence-corrected chi connectivity index (χ1v) is 26.2. The maximum Gasteiger partial charge on any atom is 0.261 e. The van der Waals surface area contributed by atoms with Gasteiger partial charge in [0.2, 0.25) is 0 Å². The number of hydrogen-bond acceptors (Lipinski definition) is 6. The number of amides is 2. The Hall–Kier alpha value is -2.78. The zero-order valence-electron chi connectivity index (χ0n) is 36.3. The minimum atomic E-state index is 0.0118. The highest BCUT2D eigenvalue weighted by Gasteiger charge is 2.50. The molecule has 2 amide bonds. The number of carbonyl (C=O) groups excluding carboxylic acids is 2. The van der Waals surface area contributed by atoms with Gasteiger partial charge in [0.1, 0.15) is 0 Å². The third kappa shape index (κ3) is 10.2. The Morgan fingerprint density at radius 2 is 0.879 bits per heavy atom. The molecule has 0 aromatic carbocycles. The minimum Gasteiger partial charge on any atom is -0.306 e. The van der Waals surface area contributed by atoms with Gasteiger partial charge < -0.3 is 9.80 Å². The van der Waals surface area contributed by atoms with E-state index in [4.69, 9.17) is 0 Å². The van der Waals surface area contributed by atoms with Crippen molar-refractivity contribution in [3.63, 3.8) is 0 Å². The van der Waals surface area contributed by atoms with Gasteiger partial charge >= 0.3 is 0 Å². The van der Waals surface area contributed by atoms with E-state index in [1.807, 2.05) is 32.5 Å². The van der Waals surface area contributed by atoms with Gasteiger partial charge in [-0.3, -0.25) is 9.59 Å². The molecule has 0 N–H and O–H groups in total. The lowest BCUT2D eigenvalue weighted by Gasteiger charge is -2.29. The van der Waals surface area contributed by atoms with Crippen LogP contribution in [0.3, 0.4) is 0 Å². The van der Waals surface area contributed by atoms with Gasteiger partial charge in [-0.25, -0.2) is 0 Å². The first-order valence-electron chi connectivity index (χ1n) is 22.8. The van der Waals surface area contributed by atoms with Crippen LogP contribution in [0.1, 0.15) is 165 Å². The van der Waals surface area contributed by atoms with Crippen LogP contribution in [0.5, 0.6) is 0 Å². The number of nitrogens with zero attached hydrogens (tertiary/aromatic N) is 2.